The maximum atomic E-state index is 11.5. The molecular weight excluding hydrogens is 192 g/mol. The maximum absolute atomic E-state index is 11.5. The van der Waals surface area contributed by atoms with Crippen molar-refractivity contribution < 1.29 is 4.42 Å². The molecule has 0 atom stereocenters. The minimum absolute atomic E-state index is 0.286. The highest BCUT2D eigenvalue weighted by Gasteiger charge is 2.07. The van der Waals surface area contributed by atoms with E-state index >= 15 is 0 Å². The molecule has 1 N–H and O–H groups in total. The number of hydrogen-bond acceptors (Lipinski definition) is 3. The maximum Gasteiger partial charge on any atom is 0.419 e. The van der Waals surface area contributed by atoms with Crippen LogP contribution in [0.1, 0.15) is 5.56 Å². The van der Waals surface area contributed by atoms with Gasteiger partial charge in [-0.25, -0.2) is 4.79 Å². The van der Waals surface area contributed by atoms with Gasteiger partial charge in [-0.3, -0.25) is 4.57 Å². The van der Waals surface area contributed by atoms with Gasteiger partial charge in [-0.15, -0.1) is 0 Å². The topological polar surface area (TPSA) is 47.2 Å². The number of benzene rings is 1. The molecule has 0 spiro atoms. The lowest BCUT2D eigenvalue weighted by Crippen LogP contribution is -2.21. The van der Waals surface area contributed by atoms with Crippen molar-refractivity contribution >= 4 is 11.1 Å². The zero-order valence-corrected chi connectivity index (χ0v) is 8.91. The molecule has 1 heterocycles. The summed E-state index contributed by atoms with van der Waals surface area (Å²) in [5.74, 6) is -0.286. The van der Waals surface area contributed by atoms with E-state index in [-0.39, 0.29) is 5.76 Å². The molecule has 0 aliphatic rings. The molecule has 0 saturated heterocycles. The summed E-state index contributed by atoms with van der Waals surface area (Å²) < 4.78 is 6.78. The van der Waals surface area contributed by atoms with Crippen LogP contribution in [-0.2, 0) is 6.54 Å². The highest BCUT2D eigenvalue weighted by Crippen LogP contribution is 2.14. The smallest absolute Gasteiger partial charge is 0.408 e. The van der Waals surface area contributed by atoms with Crippen LogP contribution in [0, 0.1) is 6.92 Å². The fourth-order valence-corrected chi connectivity index (χ4v) is 1.61. The summed E-state index contributed by atoms with van der Waals surface area (Å²) >= 11 is 0. The van der Waals surface area contributed by atoms with Crippen molar-refractivity contribution in [2.75, 3.05) is 13.6 Å². The van der Waals surface area contributed by atoms with Gasteiger partial charge in [-0.1, -0.05) is 6.07 Å². The van der Waals surface area contributed by atoms with Crippen LogP contribution in [0.25, 0.3) is 11.1 Å². The van der Waals surface area contributed by atoms with Crippen molar-refractivity contribution in [2.45, 2.75) is 13.5 Å². The lowest BCUT2D eigenvalue weighted by atomic mass is 10.2. The molecule has 0 fully saturated rings. The number of likely N-dealkylation sites (N-methyl/N-ethyl adjacent to an activating group) is 1. The summed E-state index contributed by atoms with van der Waals surface area (Å²) in [5.41, 5.74) is 2.65. The predicted octanol–water partition coefficient (Wildman–Crippen LogP) is 1.12. The Kier molecular flexibility index (Phi) is 2.60. The number of fused-ring (bicyclic) bond motifs is 1. The van der Waals surface area contributed by atoms with E-state index in [4.69, 9.17) is 4.42 Å². The van der Waals surface area contributed by atoms with Crippen LogP contribution in [0.4, 0.5) is 0 Å². The number of nitrogens with zero attached hydrogens (tertiary/aromatic N) is 1. The Morgan fingerprint density at radius 1 is 1.47 bits per heavy atom. The minimum Gasteiger partial charge on any atom is -0.408 e. The van der Waals surface area contributed by atoms with Gasteiger partial charge < -0.3 is 9.73 Å². The minimum atomic E-state index is -0.286. The highest BCUT2D eigenvalue weighted by molar-refractivity contribution is 5.73. The standard InChI is InChI=1S/C11H14N2O2/c1-8-3-4-10-9(7-8)13(6-5-12-2)11(14)15-10/h3-4,7,12H,5-6H2,1-2H3. The molecule has 15 heavy (non-hydrogen) atoms. The summed E-state index contributed by atoms with van der Waals surface area (Å²) in [6, 6.07) is 5.74. The molecular formula is C11H14N2O2. The van der Waals surface area contributed by atoms with Crippen LogP contribution >= 0.6 is 0 Å². The Morgan fingerprint density at radius 2 is 2.27 bits per heavy atom. The number of aryl methyl sites for hydroxylation is 1. The molecule has 4 heteroatoms. The Hall–Kier alpha value is -1.55. The van der Waals surface area contributed by atoms with Crippen molar-refractivity contribution in [2.24, 2.45) is 0 Å². The lowest BCUT2D eigenvalue weighted by molar-refractivity contribution is 0.500. The van der Waals surface area contributed by atoms with Crippen molar-refractivity contribution in [1.29, 1.82) is 0 Å². The quantitative estimate of drug-likeness (QED) is 0.818. The summed E-state index contributed by atoms with van der Waals surface area (Å²) in [7, 11) is 1.86. The van der Waals surface area contributed by atoms with Gasteiger partial charge in [-0.05, 0) is 31.7 Å². The van der Waals surface area contributed by atoms with Gasteiger partial charge in [0.15, 0.2) is 5.58 Å². The Morgan fingerprint density at radius 3 is 3.00 bits per heavy atom. The zero-order valence-electron chi connectivity index (χ0n) is 8.91. The van der Waals surface area contributed by atoms with Crippen LogP contribution in [0.3, 0.4) is 0 Å². The summed E-state index contributed by atoms with van der Waals surface area (Å²) in [6.45, 7) is 3.38. The van der Waals surface area contributed by atoms with Gasteiger partial charge >= 0.3 is 5.76 Å². The second-order valence-corrected chi connectivity index (χ2v) is 3.59. The molecule has 0 bridgehead atoms. The van der Waals surface area contributed by atoms with Crippen LogP contribution < -0.4 is 11.1 Å². The van der Waals surface area contributed by atoms with Gasteiger partial charge in [0.05, 0.1) is 5.52 Å². The molecule has 2 rings (SSSR count). The second-order valence-electron chi connectivity index (χ2n) is 3.59. The first-order chi connectivity index (χ1) is 7.22. The van der Waals surface area contributed by atoms with Crippen LogP contribution in [0.15, 0.2) is 27.4 Å². The average molecular weight is 206 g/mol. The third kappa shape index (κ3) is 1.80. The van der Waals surface area contributed by atoms with Crippen LogP contribution in [0.2, 0.25) is 0 Å². The molecule has 4 nitrogen and oxygen atoms in total. The predicted molar refractivity (Wildman–Crippen MR) is 59.1 cm³/mol. The summed E-state index contributed by atoms with van der Waals surface area (Å²) in [6.07, 6.45) is 0. The van der Waals surface area contributed by atoms with Crippen molar-refractivity contribution in [1.82, 2.24) is 9.88 Å². The van der Waals surface area contributed by atoms with Gasteiger partial charge in [0.2, 0.25) is 0 Å². The molecule has 1 aromatic heterocycles. The molecule has 0 amide bonds. The molecule has 0 aliphatic heterocycles. The molecule has 80 valence electrons. The second kappa shape index (κ2) is 3.90. The van der Waals surface area contributed by atoms with E-state index < -0.39 is 0 Å². The highest BCUT2D eigenvalue weighted by atomic mass is 16.4. The van der Waals surface area contributed by atoms with Gasteiger partial charge in [0.1, 0.15) is 0 Å². The average Bonchev–Trinajstić information content (AvgIpc) is 2.51. The van der Waals surface area contributed by atoms with Gasteiger partial charge in [0, 0.05) is 13.1 Å². The first kappa shape index (κ1) is 9.98. The molecule has 0 radical (unpaired) electrons. The normalized spacial score (nSPS) is 11.1. The number of oxazole rings is 1. The number of hydrogen-bond donors (Lipinski definition) is 1. The molecule has 0 saturated carbocycles. The fourth-order valence-electron chi connectivity index (χ4n) is 1.61. The molecule has 0 unspecified atom stereocenters. The van der Waals surface area contributed by atoms with Crippen molar-refractivity contribution in [3.05, 3.63) is 34.3 Å². The van der Waals surface area contributed by atoms with E-state index in [0.29, 0.717) is 12.1 Å². The van der Waals surface area contributed by atoms with Crippen molar-refractivity contribution in [3.63, 3.8) is 0 Å². The first-order valence-corrected chi connectivity index (χ1v) is 4.97. The summed E-state index contributed by atoms with van der Waals surface area (Å²) in [5, 5.41) is 3.01. The Bertz CT molecular complexity index is 525. The third-order valence-corrected chi connectivity index (χ3v) is 2.41. The largest absolute Gasteiger partial charge is 0.419 e. The first-order valence-electron chi connectivity index (χ1n) is 4.97. The molecule has 0 aliphatic carbocycles. The fraction of sp³-hybridized carbons (Fsp3) is 0.364. The number of nitrogens with one attached hydrogen (secondary N) is 1. The van der Waals surface area contributed by atoms with E-state index in [1.54, 1.807) is 4.57 Å². The van der Waals surface area contributed by atoms with Gasteiger partial charge in [-0.2, -0.15) is 0 Å². The van der Waals surface area contributed by atoms with Crippen LogP contribution in [-0.4, -0.2) is 18.2 Å². The van der Waals surface area contributed by atoms with Crippen molar-refractivity contribution in [3.8, 4) is 0 Å². The third-order valence-electron chi connectivity index (χ3n) is 2.41. The van der Waals surface area contributed by atoms with E-state index in [2.05, 4.69) is 5.32 Å². The van der Waals surface area contributed by atoms with Crippen LogP contribution in [0.5, 0.6) is 0 Å². The van der Waals surface area contributed by atoms with E-state index in [1.165, 1.54) is 0 Å². The van der Waals surface area contributed by atoms with Gasteiger partial charge in [0.25, 0.3) is 0 Å². The number of rotatable bonds is 3. The Labute approximate surface area is 87.5 Å². The van der Waals surface area contributed by atoms with E-state index in [0.717, 1.165) is 17.6 Å². The van der Waals surface area contributed by atoms with E-state index in [1.807, 2.05) is 32.2 Å². The Balaban J connectivity index is 2.55. The SMILES string of the molecule is CNCCn1c(=O)oc2ccc(C)cc21. The summed E-state index contributed by atoms with van der Waals surface area (Å²) in [4.78, 5) is 11.5. The zero-order chi connectivity index (χ0) is 10.8. The van der Waals surface area contributed by atoms with E-state index in [9.17, 15) is 4.79 Å². The lowest BCUT2D eigenvalue weighted by Gasteiger charge is -2.01. The number of aromatic nitrogens is 1. The molecule has 1 aromatic carbocycles. The monoisotopic (exact) mass is 206 g/mol. The molecule has 2 aromatic rings.